The summed E-state index contributed by atoms with van der Waals surface area (Å²) < 4.78 is 154. The Labute approximate surface area is 396 Å². The molecule has 0 fully saturated rings. The molecule has 0 spiro atoms. The first-order valence-electron chi connectivity index (χ1n) is 21.6. The fourth-order valence-electron chi connectivity index (χ4n) is 7.95. The van der Waals surface area contributed by atoms with Gasteiger partial charge in [0, 0.05) is 55.4 Å². The summed E-state index contributed by atoms with van der Waals surface area (Å²) in [6.45, 7) is 12.4. The third-order valence-electron chi connectivity index (χ3n) is 11.2. The van der Waals surface area contributed by atoms with E-state index >= 15 is 35.1 Å². The van der Waals surface area contributed by atoms with Gasteiger partial charge in [-0.2, -0.15) is 0 Å². The Kier molecular flexibility index (Phi) is 12.0. The fourth-order valence-corrected chi connectivity index (χ4v) is 8.99. The molecule has 2 aliphatic heterocycles. The Bertz CT molecular complexity index is 3520. The average molecular weight is 987 g/mol. The molecule has 3 aromatic heterocycles. The maximum Gasteiger partial charge on any atom is 0.200 e. The molecular formula is C54H36F10N4Si2. The Morgan fingerprint density at radius 3 is 0.914 bits per heavy atom. The Morgan fingerprint density at radius 2 is 0.600 bits per heavy atom. The molecule has 0 saturated heterocycles. The van der Waals surface area contributed by atoms with Crippen LogP contribution in [0.1, 0.15) is 33.9 Å². The third-order valence-corrected chi connectivity index (χ3v) is 12.9. The van der Waals surface area contributed by atoms with Crippen molar-refractivity contribution in [3.63, 3.8) is 0 Å². The van der Waals surface area contributed by atoms with Gasteiger partial charge in [-0.15, -0.1) is 11.1 Å². The molecule has 0 radical (unpaired) electrons. The average Bonchev–Trinajstić information content (AvgIpc) is 4.18. The van der Waals surface area contributed by atoms with Gasteiger partial charge in [0.2, 0.25) is 11.6 Å². The molecule has 8 bridgehead atoms. The fraction of sp³-hybridized carbons (Fsp3) is 0.111. The number of rotatable bonds is 4. The number of aromatic amines is 2. The van der Waals surface area contributed by atoms with Gasteiger partial charge in [0.15, 0.2) is 46.5 Å². The molecule has 16 heteroatoms. The van der Waals surface area contributed by atoms with Gasteiger partial charge in [-0.25, -0.2) is 53.9 Å². The molecule has 7 aromatic rings. The van der Waals surface area contributed by atoms with Crippen LogP contribution in [0.4, 0.5) is 43.9 Å². The topological polar surface area (TPSA) is 57.4 Å². The van der Waals surface area contributed by atoms with E-state index in [0.29, 0.717) is 22.3 Å². The second-order valence-electron chi connectivity index (χ2n) is 18.5. The highest BCUT2D eigenvalue weighted by molar-refractivity contribution is 6.84. The van der Waals surface area contributed by atoms with Gasteiger partial charge in [-0.1, -0.05) is 75.4 Å². The van der Waals surface area contributed by atoms with Gasteiger partial charge in [-0.3, -0.25) is 0 Å². The van der Waals surface area contributed by atoms with Crippen LogP contribution in [-0.2, 0) is 0 Å². The first-order valence-corrected chi connectivity index (χ1v) is 28.6. The number of fused-ring (bicyclic) bond motifs is 8. The number of H-pyrrole nitrogens is 2. The second-order valence-corrected chi connectivity index (χ2v) is 28.0. The maximum absolute atomic E-state index is 16.1. The Hall–Kier alpha value is -7.67. The predicted molar refractivity (Wildman–Crippen MR) is 261 cm³/mol. The van der Waals surface area contributed by atoms with Crippen LogP contribution >= 0.6 is 0 Å². The molecular weight excluding hydrogens is 951 g/mol. The number of aromatic nitrogens is 4. The molecule has 0 atom stereocenters. The molecule has 2 aliphatic rings. The zero-order chi connectivity index (χ0) is 50.1. The largest absolute Gasteiger partial charge is 0.354 e. The third kappa shape index (κ3) is 8.69. The van der Waals surface area contributed by atoms with Crippen LogP contribution in [0.5, 0.6) is 0 Å². The number of benzene rings is 4. The first-order chi connectivity index (χ1) is 33.1. The van der Waals surface area contributed by atoms with E-state index in [1.807, 2.05) is 0 Å². The summed E-state index contributed by atoms with van der Waals surface area (Å²) in [7, 11) is -3.62. The van der Waals surface area contributed by atoms with E-state index in [1.165, 1.54) is 48.6 Å². The van der Waals surface area contributed by atoms with E-state index in [4.69, 9.17) is 9.97 Å². The molecule has 2 N–H and O–H groups in total. The summed E-state index contributed by atoms with van der Waals surface area (Å²) >= 11 is 0. The van der Waals surface area contributed by atoms with Gasteiger partial charge >= 0.3 is 0 Å². The number of halogens is 10. The van der Waals surface area contributed by atoms with Crippen LogP contribution in [-0.4, -0.2) is 36.1 Å². The number of hydrogen-bond donors (Lipinski definition) is 2. The predicted octanol–water partition coefficient (Wildman–Crippen LogP) is 15.2. The summed E-state index contributed by atoms with van der Waals surface area (Å²) in [6, 6.07) is 19.3. The summed E-state index contributed by atoms with van der Waals surface area (Å²) in [5.41, 5.74) is 5.31. The van der Waals surface area contributed by atoms with E-state index in [9.17, 15) is 8.78 Å². The molecule has 0 amide bonds. The highest BCUT2D eigenvalue weighted by Crippen LogP contribution is 2.42. The lowest BCUT2D eigenvalue weighted by atomic mass is 10.0. The minimum atomic E-state index is -2.36. The van der Waals surface area contributed by atoms with Crippen molar-refractivity contribution < 1.29 is 43.9 Å². The van der Waals surface area contributed by atoms with Crippen molar-refractivity contribution in [2.75, 3.05) is 0 Å². The zero-order valence-electron chi connectivity index (χ0n) is 37.9. The van der Waals surface area contributed by atoms with Crippen molar-refractivity contribution in [2.24, 2.45) is 0 Å². The van der Waals surface area contributed by atoms with Gasteiger partial charge < -0.3 is 9.97 Å². The number of hydrogen-bond acceptors (Lipinski definition) is 2. The minimum Gasteiger partial charge on any atom is -0.354 e. The highest BCUT2D eigenvalue weighted by atomic mass is 28.3. The molecule has 4 aromatic carbocycles. The van der Waals surface area contributed by atoms with Crippen LogP contribution < -0.4 is 0 Å². The summed E-state index contributed by atoms with van der Waals surface area (Å²) in [6.07, 6.45) is 5.46. The monoisotopic (exact) mass is 986 g/mol. The van der Waals surface area contributed by atoms with E-state index in [-0.39, 0.29) is 56.0 Å². The zero-order valence-corrected chi connectivity index (χ0v) is 39.9. The van der Waals surface area contributed by atoms with Crippen LogP contribution in [0.2, 0.25) is 39.3 Å². The molecule has 0 aliphatic carbocycles. The van der Waals surface area contributed by atoms with Crippen LogP contribution in [0.15, 0.2) is 72.8 Å². The van der Waals surface area contributed by atoms with Gasteiger partial charge in [0.05, 0.1) is 33.9 Å². The maximum atomic E-state index is 16.1. The summed E-state index contributed by atoms with van der Waals surface area (Å²) in [4.78, 5) is 15.6. The lowest BCUT2D eigenvalue weighted by molar-refractivity contribution is 0.381. The molecule has 350 valence electrons. The SMILES string of the molecule is C[Si](C)(C)C#Cc1ccc(-c2c3nc(c(-c4c(F)c(F)c(F)c(F)c4F)c4ccc([nH]4)c(-c4ccc(C#C[Si](C)(C)C)cc4)c4ccc([nH]4)c(-c4c(F)c(F)c(F)c(F)c4F)c4nc2C=C4)C=C3)cc1. The quantitative estimate of drug-likeness (QED) is 0.0607. The molecule has 4 nitrogen and oxygen atoms in total. The van der Waals surface area contributed by atoms with E-state index < -0.39 is 96.6 Å². The molecule has 0 unspecified atom stereocenters. The standard InChI is InChI=1S/C54H36F10N4Si2/c1-69(2,3)25-23-27-7-11-29(12-8-27)39-31-15-19-35(65-31)41(43-45(55)49(59)53(63)50(60)46(43)56)37-21-17-33(67-37)40(30-13-9-28(10-14-30)24-26-70(4,5)6)34-18-22-38(68-34)42(36-20-16-32(39)66-36)44-47(57)51(61)54(64)52(62)48(44)58/h7-22,65-66H,1-6H3. The van der Waals surface area contributed by atoms with Gasteiger partial charge in [-0.05, 0) is 84.0 Å². The van der Waals surface area contributed by atoms with Gasteiger partial charge in [0.1, 0.15) is 16.1 Å². The van der Waals surface area contributed by atoms with E-state index in [0.717, 1.165) is 0 Å². The van der Waals surface area contributed by atoms with E-state index in [1.54, 1.807) is 48.5 Å². The lowest BCUT2D eigenvalue weighted by Gasteiger charge is -2.11. The van der Waals surface area contributed by atoms with Crippen LogP contribution in [0.25, 0.3) is 90.9 Å². The van der Waals surface area contributed by atoms with Crippen molar-refractivity contribution >= 4 is 62.5 Å². The van der Waals surface area contributed by atoms with Crippen LogP contribution in [0.3, 0.4) is 0 Å². The molecule has 70 heavy (non-hydrogen) atoms. The Balaban J connectivity index is 1.47. The number of nitrogens with one attached hydrogen (secondary N) is 2. The highest BCUT2D eigenvalue weighted by Gasteiger charge is 2.32. The minimum absolute atomic E-state index is 0.0466. The lowest BCUT2D eigenvalue weighted by Crippen LogP contribution is -2.16. The van der Waals surface area contributed by atoms with Crippen molar-refractivity contribution in [3.05, 3.63) is 165 Å². The van der Waals surface area contributed by atoms with Crippen molar-refractivity contribution in [3.8, 4) is 67.4 Å². The molecule has 5 heterocycles. The van der Waals surface area contributed by atoms with Crippen molar-refractivity contribution in [1.29, 1.82) is 0 Å². The van der Waals surface area contributed by atoms with E-state index in [2.05, 4.69) is 72.2 Å². The van der Waals surface area contributed by atoms with Crippen molar-refractivity contribution in [2.45, 2.75) is 39.3 Å². The number of nitrogens with zero attached hydrogens (tertiary/aromatic N) is 2. The second kappa shape index (κ2) is 17.7. The van der Waals surface area contributed by atoms with Crippen molar-refractivity contribution in [1.82, 2.24) is 19.9 Å². The summed E-state index contributed by atoms with van der Waals surface area (Å²) in [5.74, 6) is -15.6. The smallest absolute Gasteiger partial charge is 0.200 e. The first kappa shape index (κ1) is 47.4. The molecule has 0 saturated carbocycles. The normalized spacial score (nSPS) is 12.2. The molecule has 9 rings (SSSR count). The Morgan fingerprint density at radius 1 is 0.329 bits per heavy atom. The van der Waals surface area contributed by atoms with Gasteiger partial charge in [0.25, 0.3) is 0 Å². The van der Waals surface area contributed by atoms with Crippen LogP contribution in [0, 0.1) is 81.1 Å². The summed E-state index contributed by atoms with van der Waals surface area (Å²) in [5, 5.41) is 0.